The van der Waals surface area contributed by atoms with Crippen LogP contribution in [-0.2, 0) is 0 Å². The Morgan fingerprint density at radius 1 is 1.00 bits per heavy atom. The molecule has 0 radical (unpaired) electrons. The average molecular weight is 338 g/mol. The second kappa shape index (κ2) is 8.87. The first-order valence-corrected chi connectivity index (χ1v) is 11.6. The van der Waals surface area contributed by atoms with Crippen molar-refractivity contribution in [3.8, 4) is 11.5 Å². The molecule has 0 spiro atoms. The van der Waals surface area contributed by atoms with Crippen molar-refractivity contribution in [2.24, 2.45) is 11.8 Å². The van der Waals surface area contributed by atoms with Crippen molar-refractivity contribution >= 4 is 8.07 Å². The molecule has 1 aliphatic carbocycles. The Morgan fingerprint density at radius 2 is 1.48 bits per heavy atom. The number of nitrogens with zero attached hydrogens (tertiary/aromatic N) is 1. The average Bonchev–Trinajstić information content (AvgIpc) is 2.46. The Morgan fingerprint density at radius 3 is 1.87 bits per heavy atom. The van der Waals surface area contributed by atoms with Gasteiger partial charge >= 0.3 is 0 Å². The summed E-state index contributed by atoms with van der Waals surface area (Å²) in [5.41, 5.74) is 5.46. The highest BCUT2D eigenvalue weighted by molar-refractivity contribution is 6.90. The maximum absolute atomic E-state index is 11.1. The predicted octanol–water partition coefficient (Wildman–Crippen LogP) is 5.68. The van der Waals surface area contributed by atoms with Gasteiger partial charge in [0.15, 0.2) is 0 Å². The Kier molecular flexibility index (Phi) is 7.80. The molecule has 1 rings (SSSR count). The second-order valence-corrected chi connectivity index (χ2v) is 13.8. The van der Waals surface area contributed by atoms with E-state index in [1.165, 1.54) is 19.3 Å². The van der Waals surface area contributed by atoms with Crippen LogP contribution in [0.4, 0.5) is 0 Å². The van der Waals surface area contributed by atoms with Crippen LogP contribution in [-0.4, -0.2) is 19.5 Å². The summed E-state index contributed by atoms with van der Waals surface area (Å²) in [5.74, 6) is 3.86. The highest BCUT2D eigenvalue weighted by Crippen LogP contribution is 2.41. The monoisotopic (exact) mass is 337 g/mol. The number of nitro groups is 1. The zero-order valence-corrected chi connectivity index (χ0v) is 16.9. The summed E-state index contributed by atoms with van der Waals surface area (Å²) in [6, 6.07) is 0. The van der Waals surface area contributed by atoms with Crippen LogP contribution in [0.3, 0.4) is 0 Å². The van der Waals surface area contributed by atoms with E-state index in [0.29, 0.717) is 22.5 Å². The van der Waals surface area contributed by atoms with Gasteiger partial charge < -0.3 is 0 Å². The van der Waals surface area contributed by atoms with Gasteiger partial charge in [-0.1, -0.05) is 66.7 Å². The summed E-state index contributed by atoms with van der Waals surface area (Å²) < 4.78 is 0. The molecule has 1 fully saturated rings. The van der Waals surface area contributed by atoms with Crippen LogP contribution in [0.2, 0.25) is 16.6 Å². The highest BCUT2D eigenvalue weighted by atomic mass is 28.3. The topological polar surface area (TPSA) is 43.1 Å². The van der Waals surface area contributed by atoms with Gasteiger partial charge in [0, 0.05) is 4.92 Å². The van der Waals surface area contributed by atoms with Crippen LogP contribution in [0.5, 0.6) is 0 Å². The molecular formula is C19H35NO2Si. The van der Waals surface area contributed by atoms with E-state index in [1.807, 2.05) is 0 Å². The molecule has 0 bridgehead atoms. The molecular weight excluding hydrogens is 302 g/mol. The lowest BCUT2D eigenvalue weighted by Gasteiger charge is -2.38. The third kappa shape index (κ3) is 5.07. The minimum atomic E-state index is -1.79. The fraction of sp³-hybridized carbons (Fsp3) is 0.895. The molecule has 0 heterocycles. The zero-order chi connectivity index (χ0) is 17.6. The smallest absolute Gasteiger partial charge is 0.217 e. The Balaban J connectivity index is 3.12. The van der Waals surface area contributed by atoms with E-state index < -0.39 is 8.07 Å². The summed E-state index contributed by atoms with van der Waals surface area (Å²) in [6.07, 6.45) is 5.93. The van der Waals surface area contributed by atoms with Crippen LogP contribution in [0.15, 0.2) is 0 Å². The quantitative estimate of drug-likeness (QED) is 0.271. The summed E-state index contributed by atoms with van der Waals surface area (Å²) in [5, 5.41) is 11.1. The minimum absolute atomic E-state index is 0.0242. The largest absolute Gasteiger partial charge is 0.264 e. The molecule has 0 amide bonds. The van der Waals surface area contributed by atoms with Crippen LogP contribution >= 0.6 is 0 Å². The van der Waals surface area contributed by atoms with Gasteiger partial charge in [0.25, 0.3) is 0 Å². The third-order valence-corrected chi connectivity index (χ3v) is 12.2. The van der Waals surface area contributed by atoms with Gasteiger partial charge in [-0.15, -0.1) is 5.54 Å². The van der Waals surface area contributed by atoms with Crippen molar-refractivity contribution in [3.63, 3.8) is 0 Å². The first-order chi connectivity index (χ1) is 10.7. The van der Waals surface area contributed by atoms with Gasteiger partial charge in [-0.2, -0.15) is 0 Å². The van der Waals surface area contributed by atoms with E-state index in [1.54, 1.807) is 0 Å². The van der Waals surface area contributed by atoms with Crippen molar-refractivity contribution < 1.29 is 4.92 Å². The van der Waals surface area contributed by atoms with Gasteiger partial charge in [-0.25, -0.2) is 0 Å². The maximum atomic E-state index is 11.1. The first-order valence-electron chi connectivity index (χ1n) is 9.36. The lowest BCUT2D eigenvalue weighted by molar-refractivity contribution is -0.487. The van der Waals surface area contributed by atoms with Crippen molar-refractivity contribution in [1.82, 2.24) is 0 Å². The second-order valence-electron chi connectivity index (χ2n) is 8.19. The fourth-order valence-electron chi connectivity index (χ4n) is 4.66. The molecule has 1 aliphatic rings. The maximum Gasteiger partial charge on any atom is 0.217 e. The van der Waals surface area contributed by atoms with Gasteiger partial charge in [-0.05, 0) is 35.4 Å². The Hall–Kier alpha value is -0.823. The minimum Gasteiger partial charge on any atom is -0.264 e. The summed E-state index contributed by atoms with van der Waals surface area (Å²) in [6.45, 7) is 13.8. The van der Waals surface area contributed by atoms with Gasteiger partial charge in [-0.3, -0.25) is 10.1 Å². The summed E-state index contributed by atoms with van der Waals surface area (Å²) in [7, 11) is -1.79. The molecule has 132 valence electrons. The van der Waals surface area contributed by atoms with E-state index in [9.17, 15) is 10.1 Å². The summed E-state index contributed by atoms with van der Waals surface area (Å²) in [4.78, 5) is 11.0. The van der Waals surface area contributed by atoms with Crippen LogP contribution in [0, 0.1) is 33.4 Å². The number of hydrogen-bond acceptors (Lipinski definition) is 2. The molecule has 0 unspecified atom stereocenters. The van der Waals surface area contributed by atoms with Crippen molar-refractivity contribution in [1.29, 1.82) is 0 Å². The molecule has 0 aromatic heterocycles. The number of rotatable bonds is 6. The molecule has 3 nitrogen and oxygen atoms in total. The van der Waals surface area contributed by atoms with Crippen molar-refractivity contribution in [2.75, 3.05) is 6.54 Å². The molecule has 1 atom stereocenters. The van der Waals surface area contributed by atoms with Gasteiger partial charge in [0.05, 0.1) is 5.92 Å². The zero-order valence-electron chi connectivity index (χ0n) is 15.9. The molecule has 23 heavy (non-hydrogen) atoms. The lowest BCUT2D eigenvalue weighted by Crippen LogP contribution is -2.43. The van der Waals surface area contributed by atoms with Crippen LogP contribution < -0.4 is 0 Å². The van der Waals surface area contributed by atoms with E-state index in [-0.39, 0.29) is 17.4 Å². The Labute approximate surface area is 143 Å². The van der Waals surface area contributed by atoms with Crippen molar-refractivity contribution in [2.45, 2.75) is 90.3 Å². The van der Waals surface area contributed by atoms with Gasteiger partial charge in [0.2, 0.25) is 6.54 Å². The molecule has 0 aromatic rings. The van der Waals surface area contributed by atoms with E-state index in [2.05, 4.69) is 53.0 Å². The van der Waals surface area contributed by atoms with Crippen LogP contribution in [0.25, 0.3) is 0 Å². The Bertz CT molecular complexity index is 420. The molecule has 0 aliphatic heterocycles. The van der Waals surface area contributed by atoms with E-state index in [4.69, 9.17) is 0 Å². The fourth-order valence-corrected chi connectivity index (χ4v) is 9.96. The van der Waals surface area contributed by atoms with Crippen LogP contribution in [0.1, 0.15) is 73.6 Å². The van der Waals surface area contributed by atoms with Gasteiger partial charge in [0.1, 0.15) is 8.07 Å². The normalized spacial score (nSPS) is 18.1. The molecule has 4 heteroatoms. The van der Waals surface area contributed by atoms with Crippen molar-refractivity contribution in [3.05, 3.63) is 10.1 Å². The highest BCUT2D eigenvalue weighted by Gasteiger charge is 2.42. The lowest BCUT2D eigenvalue weighted by atomic mass is 9.80. The molecule has 0 N–H and O–H groups in total. The molecule has 1 saturated carbocycles. The van der Waals surface area contributed by atoms with E-state index >= 15 is 0 Å². The van der Waals surface area contributed by atoms with E-state index in [0.717, 1.165) is 12.8 Å². The standard InChI is InChI=1S/C19H35NO2Si/c1-15(2)23(16(3)4,17(5)6)13-12-19(14-20(21)22)18-10-8-7-9-11-18/h15-19H,7-11,14H2,1-6H3/t19-/m1/s1. The third-order valence-electron chi connectivity index (χ3n) is 5.90. The first kappa shape index (κ1) is 20.2. The molecule has 0 saturated heterocycles. The number of hydrogen-bond donors (Lipinski definition) is 0. The molecule has 0 aromatic carbocycles. The predicted molar refractivity (Wildman–Crippen MR) is 101 cm³/mol. The summed E-state index contributed by atoms with van der Waals surface area (Å²) >= 11 is 0. The SMILES string of the molecule is CC(C)[Si](C#C[C@H](C[N+](=O)[O-])C1CCCCC1)(C(C)C)C(C)C.